The van der Waals surface area contributed by atoms with Gasteiger partial charge in [-0.25, -0.2) is 9.97 Å². The zero-order valence-corrected chi connectivity index (χ0v) is 12.5. The third kappa shape index (κ3) is 2.43. The summed E-state index contributed by atoms with van der Waals surface area (Å²) in [6, 6.07) is 0. The molecule has 0 bridgehead atoms. The predicted molar refractivity (Wildman–Crippen MR) is 84.3 cm³/mol. The third-order valence-corrected chi connectivity index (χ3v) is 4.08. The van der Waals surface area contributed by atoms with Crippen LogP contribution in [0.25, 0.3) is 5.65 Å². The van der Waals surface area contributed by atoms with Gasteiger partial charge in [0.1, 0.15) is 0 Å². The van der Waals surface area contributed by atoms with Crippen LogP contribution < -0.4 is 10.6 Å². The summed E-state index contributed by atoms with van der Waals surface area (Å²) in [6.45, 7) is 2.11. The molecular weight excluding hydrogens is 278 g/mol. The van der Waals surface area contributed by atoms with Gasteiger partial charge in [0.05, 0.1) is 17.6 Å². The lowest BCUT2D eigenvalue weighted by Crippen LogP contribution is -2.28. The Morgan fingerprint density at radius 2 is 2.32 bits per heavy atom. The maximum Gasteiger partial charge on any atom is 0.180 e. The average molecular weight is 297 g/mol. The summed E-state index contributed by atoms with van der Waals surface area (Å²) >= 11 is 0. The number of hydrogen-bond acceptors (Lipinski definition) is 5. The minimum atomic E-state index is 0.486. The first-order chi connectivity index (χ1) is 10.8. The second kappa shape index (κ2) is 5.42. The van der Waals surface area contributed by atoms with E-state index in [1.54, 1.807) is 17.1 Å². The van der Waals surface area contributed by atoms with Crippen molar-refractivity contribution in [2.75, 3.05) is 18.4 Å². The zero-order chi connectivity index (χ0) is 14.9. The van der Waals surface area contributed by atoms with E-state index in [9.17, 15) is 0 Å². The minimum Gasteiger partial charge on any atom is -0.335 e. The Morgan fingerprint density at radius 1 is 1.36 bits per heavy atom. The van der Waals surface area contributed by atoms with Gasteiger partial charge in [-0.2, -0.15) is 5.10 Å². The first kappa shape index (κ1) is 13.3. The van der Waals surface area contributed by atoms with E-state index in [2.05, 4.69) is 26.9 Å². The molecule has 4 rings (SSSR count). The van der Waals surface area contributed by atoms with Crippen LogP contribution in [0.3, 0.4) is 0 Å². The number of rotatable bonds is 3. The molecule has 1 aliphatic heterocycles. The fourth-order valence-corrected chi connectivity index (χ4v) is 2.95. The normalized spacial score (nSPS) is 18.7. The Hall–Kier alpha value is -2.41. The van der Waals surface area contributed by atoms with E-state index in [0.29, 0.717) is 5.92 Å². The standard InChI is InChI=1S/C15H19N7/c1-21-9-12(8-18-21)19-14-15-20-13(10-22(15)6-5-17-14)11-3-2-4-16-7-11/h5-6,8-11,16H,2-4,7H2,1H3,(H,17,19). The molecule has 114 valence electrons. The largest absolute Gasteiger partial charge is 0.335 e. The molecule has 22 heavy (non-hydrogen) atoms. The molecule has 1 saturated heterocycles. The molecule has 0 amide bonds. The van der Waals surface area contributed by atoms with Crippen LogP contribution >= 0.6 is 0 Å². The molecule has 0 saturated carbocycles. The van der Waals surface area contributed by atoms with Gasteiger partial charge >= 0.3 is 0 Å². The first-order valence-electron chi connectivity index (χ1n) is 7.59. The lowest BCUT2D eigenvalue weighted by Gasteiger charge is -2.20. The van der Waals surface area contributed by atoms with E-state index in [-0.39, 0.29) is 0 Å². The molecular formula is C15H19N7. The number of nitrogens with one attached hydrogen (secondary N) is 2. The molecule has 0 aliphatic carbocycles. The highest BCUT2D eigenvalue weighted by atomic mass is 15.3. The second-order valence-electron chi connectivity index (χ2n) is 5.74. The van der Waals surface area contributed by atoms with Crippen LogP contribution in [0.15, 0.2) is 31.0 Å². The van der Waals surface area contributed by atoms with Crippen molar-refractivity contribution < 1.29 is 0 Å². The molecule has 7 heteroatoms. The van der Waals surface area contributed by atoms with Crippen LogP contribution in [0, 0.1) is 0 Å². The molecule has 3 aromatic heterocycles. The highest BCUT2D eigenvalue weighted by molar-refractivity contribution is 5.69. The van der Waals surface area contributed by atoms with Crippen LogP contribution in [0.2, 0.25) is 0 Å². The van der Waals surface area contributed by atoms with Crippen LogP contribution in [0.4, 0.5) is 11.5 Å². The van der Waals surface area contributed by atoms with Crippen molar-refractivity contribution in [2.24, 2.45) is 7.05 Å². The number of nitrogens with zero attached hydrogens (tertiary/aromatic N) is 5. The molecule has 7 nitrogen and oxygen atoms in total. The van der Waals surface area contributed by atoms with Crippen molar-refractivity contribution in [1.82, 2.24) is 29.5 Å². The summed E-state index contributed by atoms with van der Waals surface area (Å²) in [5.74, 6) is 1.24. The average Bonchev–Trinajstić information content (AvgIpc) is 3.15. The molecule has 2 N–H and O–H groups in total. The zero-order valence-electron chi connectivity index (χ0n) is 12.5. The Bertz CT molecular complexity index is 782. The highest BCUT2D eigenvalue weighted by Gasteiger charge is 2.19. The summed E-state index contributed by atoms with van der Waals surface area (Å²) in [7, 11) is 1.89. The van der Waals surface area contributed by atoms with E-state index < -0.39 is 0 Å². The molecule has 1 unspecified atom stereocenters. The Morgan fingerprint density at radius 3 is 3.09 bits per heavy atom. The first-order valence-corrected chi connectivity index (χ1v) is 7.59. The number of fused-ring (bicyclic) bond motifs is 1. The predicted octanol–water partition coefficient (Wildman–Crippen LogP) is 1.67. The summed E-state index contributed by atoms with van der Waals surface area (Å²) in [4.78, 5) is 9.23. The van der Waals surface area contributed by atoms with Gasteiger partial charge in [0.2, 0.25) is 0 Å². The lowest BCUT2D eigenvalue weighted by atomic mass is 9.97. The molecule has 3 aromatic rings. The highest BCUT2D eigenvalue weighted by Crippen LogP contribution is 2.25. The quantitative estimate of drug-likeness (QED) is 0.769. The van der Waals surface area contributed by atoms with E-state index in [1.807, 2.05) is 23.8 Å². The molecule has 4 heterocycles. The molecule has 0 aromatic carbocycles. The molecule has 1 aliphatic rings. The smallest absolute Gasteiger partial charge is 0.180 e. The van der Waals surface area contributed by atoms with Gasteiger partial charge in [0.25, 0.3) is 0 Å². The van der Waals surface area contributed by atoms with Crippen molar-refractivity contribution in [2.45, 2.75) is 18.8 Å². The molecule has 0 spiro atoms. The van der Waals surface area contributed by atoms with Crippen LogP contribution in [-0.2, 0) is 7.05 Å². The Labute approximate surface area is 128 Å². The fraction of sp³-hybridized carbons (Fsp3) is 0.400. The number of imidazole rings is 1. The number of anilines is 2. The number of aromatic nitrogens is 5. The van der Waals surface area contributed by atoms with Crippen LogP contribution in [-0.4, -0.2) is 37.2 Å². The van der Waals surface area contributed by atoms with Gasteiger partial charge in [-0.1, -0.05) is 0 Å². The van der Waals surface area contributed by atoms with Crippen molar-refractivity contribution >= 4 is 17.2 Å². The van der Waals surface area contributed by atoms with E-state index in [1.165, 1.54) is 12.8 Å². The topological polar surface area (TPSA) is 72.1 Å². The maximum absolute atomic E-state index is 4.81. The maximum atomic E-state index is 4.81. The van der Waals surface area contributed by atoms with E-state index in [4.69, 9.17) is 4.98 Å². The van der Waals surface area contributed by atoms with Gasteiger partial charge in [-0.05, 0) is 19.4 Å². The van der Waals surface area contributed by atoms with Crippen molar-refractivity contribution in [3.05, 3.63) is 36.7 Å². The van der Waals surface area contributed by atoms with Crippen molar-refractivity contribution in [3.8, 4) is 0 Å². The van der Waals surface area contributed by atoms with Gasteiger partial charge < -0.3 is 15.0 Å². The second-order valence-corrected chi connectivity index (χ2v) is 5.74. The van der Waals surface area contributed by atoms with E-state index >= 15 is 0 Å². The summed E-state index contributed by atoms with van der Waals surface area (Å²) in [5, 5.41) is 10.9. The van der Waals surface area contributed by atoms with E-state index in [0.717, 1.165) is 35.9 Å². The Kier molecular flexibility index (Phi) is 3.27. The van der Waals surface area contributed by atoms with Crippen LogP contribution in [0.5, 0.6) is 0 Å². The fourth-order valence-electron chi connectivity index (χ4n) is 2.95. The Balaban J connectivity index is 1.68. The monoisotopic (exact) mass is 297 g/mol. The number of hydrogen-bond donors (Lipinski definition) is 2. The number of piperidine rings is 1. The van der Waals surface area contributed by atoms with Gasteiger partial charge in [0, 0.05) is 44.3 Å². The van der Waals surface area contributed by atoms with Gasteiger partial charge in [-0.3, -0.25) is 4.68 Å². The lowest BCUT2D eigenvalue weighted by molar-refractivity contribution is 0.456. The summed E-state index contributed by atoms with van der Waals surface area (Å²) in [6.07, 6.45) is 11.9. The number of aryl methyl sites for hydroxylation is 1. The SMILES string of the molecule is Cn1cc(Nc2nccn3cc(C4CCCNC4)nc23)cn1. The minimum absolute atomic E-state index is 0.486. The van der Waals surface area contributed by atoms with Gasteiger partial charge in [0.15, 0.2) is 11.5 Å². The molecule has 0 radical (unpaired) electrons. The summed E-state index contributed by atoms with van der Waals surface area (Å²) < 4.78 is 3.79. The molecule has 1 fully saturated rings. The third-order valence-electron chi connectivity index (χ3n) is 4.08. The summed E-state index contributed by atoms with van der Waals surface area (Å²) in [5.41, 5.74) is 2.90. The van der Waals surface area contributed by atoms with Crippen molar-refractivity contribution in [3.63, 3.8) is 0 Å². The van der Waals surface area contributed by atoms with Crippen LogP contribution in [0.1, 0.15) is 24.5 Å². The van der Waals surface area contributed by atoms with Crippen molar-refractivity contribution in [1.29, 1.82) is 0 Å². The van der Waals surface area contributed by atoms with Gasteiger partial charge in [-0.15, -0.1) is 0 Å². The molecule has 1 atom stereocenters.